The molecular weight excluding hydrogens is 166 g/mol. The van der Waals surface area contributed by atoms with Crippen LogP contribution in [0.2, 0.25) is 0 Å². The molecule has 0 saturated heterocycles. The van der Waals surface area contributed by atoms with E-state index in [0.717, 1.165) is 19.3 Å². The minimum Gasteiger partial charge on any atom is -0.480 e. The van der Waals surface area contributed by atoms with E-state index >= 15 is 0 Å². The highest BCUT2D eigenvalue weighted by Crippen LogP contribution is 2.40. The van der Waals surface area contributed by atoms with E-state index in [1.54, 1.807) is 0 Å². The van der Waals surface area contributed by atoms with Crippen molar-refractivity contribution in [3.63, 3.8) is 0 Å². The first-order valence-electron chi connectivity index (χ1n) is 4.94. The van der Waals surface area contributed by atoms with Gasteiger partial charge in [0, 0.05) is 0 Å². The average Bonchev–Trinajstić information content (AvgIpc) is 2.02. The summed E-state index contributed by atoms with van der Waals surface area (Å²) in [5.41, 5.74) is 5.50. The number of carboxylic acid groups (broad SMARTS) is 1. The second-order valence-electron chi connectivity index (χ2n) is 4.67. The van der Waals surface area contributed by atoms with Crippen LogP contribution in [0.15, 0.2) is 0 Å². The highest BCUT2D eigenvalue weighted by Gasteiger charge is 2.39. The van der Waals surface area contributed by atoms with E-state index in [1.807, 2.05) is 6.92 Å². The summed E-state index contributed by atoms with van der Waals surface area (Å²) in [6.45, 7) is 4.17. The molecule has 13 heavy (non-hydrogen) atoms. The van der Waals surface area contributed by atoms with Gasteiger partial charge in [-0.05, 0) is 24.2 Å². The Labute approximate surface area is 79.3 Å². The lowest BCUT2D eigenvalue weighted by Crippen LogP contribution is -2.47. The Hall–Kier alpha value is -0.570. The van der Waals surface area contributed by atoms with Gasteiger partial charge in [0.2, 0.25) is 0 Å². The zero-order chi connectivity index (χ0) is 10.1. The molecule has 3 N–H and O–H groups in total. The highest BCUT2D eigenvalue weighted by molar-refractivity contribution is 5.74. The van der Waals surface area contributed by atoms with E-state index in [4.69, 9.17) is 10.8 Å². The Morgan fingerprint density at radius 2 is 2.31 bits per heavy atom. The van der Waals surface area contributed by atoms with Crippen LogP contribution in [0.1, 0.15) is 39.5 Å². The summed E-state index contributed by atoms with van der Waals surface area (Å²) in [6.07, 6.45) is 4.21. The van der Waals surface area contributed by atoms with Gasteiger partial charge >= 0.3 is 5.97 Å². The summed E-state index contributed by atoms with van der Waals surface area (Å²) in [7, 11) is 0. The van der Waals surface area contributed by atoms with Gasteiger partial charge in [-0.25, -0.2) is 0 Å². The number of carbonyl (C=O) groups is 1. The molecule has 1 fully saturated rings. The summed E-state index contributed by atoms with van der Waals surface area (Å²) >= 11 is 0. The maximum absolute atomic E-state index is 10.8. The van der Waals surface area contributed by atoms with Gasteiger partial charge in [0.15, 0.2) is 0 Å². The lowest BCUT2D eigenvalue weighted by molar-refractivity contribution is -0.142. The minimum absolute atomic E-state index is 0.191. The molecule has 1 saturated carbocycles. The van der Waals surface area contributed by atoms with Crippen molar-refractivity contribution in [3.8, 4) is 0 Å². The van der Waals surface area contributed by atoms with Gasteiger partial charge in [-0.3, -0.25) is 4.79 Å². The van der Waals surface area contributed by atoms with Gasteiger partial charge < -0.3 is 10.8 Å². The maximum Gasteiger partial charge on any atom is 0.321 e. The first kappa shape index (κ1) is 10.5. The molecule has 0 bridgehead atoms. The number of carboxylic acids is 1. The third-order valence-corrected chi connectivity index (χ3v) is 3.28. The van der Waals surface area contributed by atoms with E-state index in [1.165, 1.54) is 6.42 Å². The van der Waals surface area contributed by atoms with Crippen molar-refractivity contribution in [3.05, 3.63) is 0 Å². The van der Waals surface area contributed by atoms with Gasteiger partial charge in [0.05, 0.1) is 0 Å². The molecule has 3 atom stereocenters. The van der Waals surface area contributed by atoms with Crippen molar-refractivity contribution in [2.45, 2.75) is 45.6 Å². The van der Waals surface area contributed by atoms with Crippen LogP contribution in [0.5, 0.6) is 0 Å². The lowest BCUT2D eigenvalue weighted by atomic mass is 9.67. The van der Waals surface area contributed by atoms with Gasteiger partial charge in [0.1, 0.15) is 6.04 Å². The Kier molecular flexibility index (Phi) is 2.96. The smallest absolute Gasteiger partial charge is 0.321 e. The van der Waals surface area contributed by atoms with E-state index in [0.29, 0.717) is 5.92 Å². The van der Waals surface area contributed by atoms with Crippen molar-refractivity contribution in [2.75, 3.05) is 0 Å². The van der Waals surface area contributed by atoms with Crippen LogP contribution in [0.25, 0.3) is 0 Å². The molecule has 0 aliphatic heterocycles. The van der Waals surface area contributed by atoms with E-state index in [9.17, 15) is 4.79 Å². The van der Waals surface area contributed by atoms with Crippen LogP contribution < -0.4 is 5.73 Å². The highest BCUT2D eigenvalue weighted by atomic mass is 16.4. The second kappa shape index (κ2) is 3.66. The average molecular weight is 185 g/mol. The van der Waals surface area contributed by atoms with Gasteiger partial charge in [-0.2, -0.15) is 0 Å². The largest absolute Gasteiger partial charge is 0.480 e. The Bertz CT molecular complexity index is 205. The van der Waals surface area contributed by atoms with E-state index in [2.05, 4.69) is 6.92 Å². The predicted molar refractivity (Wildman–Crippen MR) is 51.4 cm³/mol. The van der Waals surface area contributed by atoms with Crippen LogP contribution in [0.3, 0.4) is 0 Å². The van der Waals surface area contributed by atoms with Crippen molar-refractivity contribution in [2.24, 2.45) is 17.1 Å². The molecule has 3 nitrogen and oxygen atoms in total. The standard InChI is InChI=1S/C10H19NO2/c1-7-4-3-5-10(2,6-7)8(11)9(12)13/h7-8H,3-6,11H2,1-2H3,(H,12,13). The SMILES string of the molecule is CC1CCCC(C)(C(N)C(=O)O)C1. The van der Waals surface area contributed by atoms with Gasteiger partial charge in [0.25, 0.3) is 0 Å². The van der Waals surface area contributed by atoms with E-state index < -0.39 is 12.0 Å². The molecule has 0 radical (unpaired) electrons. The molecular formula is C10H19NO2. The predicted octanol–water partition coefficient (Wildman–Crippen LogP) is 1.61. The normalized spacial score (nSPS) is 37.0. The Balaban J connectivity index is 2.68. The summed E-state index contributed by atoms with van der Waals surface area (Å²) < 4.78 is 0. The number of hydrogen-bond donors (Lipinski definition) is 2. The first-order valence-corrected chi connectivity index (χ1v) is 4.94. The Morgan fingerprint density at radius 3 is 2.77 bits per heavy atom. The molecule has 76 valence electrons. The molecule has 3 heteroatoms. The second-order valence-corrected chi connectivity index (χ2v) is 4.67. The number of hydrogen-bond acceptors (Lipinski definition) is 2. The first-order chi connectivity index (χ1) is 5.96. The fraction of sp³-hybridized carbons (Fsp3) is 0.900. The van der Waals surface area contributed by atoms with Gasteiger partial charge in [-0.15, -0.1) is 0 Å². The van der Waals surface area contributed by atoms with Gasteiger partial charge in [-0.1, -0.05) is 26.7 Å². The maximum atomic E-state index is 10.8. The zero-order valence-electron chi connectivity index (χ0n) is 8.42. The van der Waals surface area contributed by atoms with Crippen LogP contribution >= 0.6 is 0 Å². The molecule has 0 aromatic carbocycles. The topological polar surface area (TPSA) is 63.3 Å². The summed E-state index contributed by atoms with van der Waals surface area (Å²) in [5, 5.41) is 8.86. The molecule has 1 rings (SSSR count). The van der Waals surface area contributed by atoms with Crippen LogP contribution in [0.4, 0.5) is 0 Å². The molecule has 0 aromatic rings. The van der Waals surface area contributed by atoms with Crippen molar-refractivity contribution < 1.29 is 9.90 Å². The van der Waals surface area contributed by atoms with Crippen molar-refractivity contribution >= 4 is 5.97 Å². The Morgan fingerprint density at radius 1 is 1.69 bits per heavy atom. The lowest BCUT2D eigenvalue weighted by Gasteiger charge is -2.39. The molecule has 0 spiro atoms. The van der Waals surface area contributed by atoms with E-state index in [-0.39, 0.29) is 5.41 Å². The summed E-state index contributed by atoms with van der Waals surface area (Å²) in [6, 6.07) is -0.699. The fourth-order valence-corrected chi connectivity index (χ4v) is 2.44. The molecule has 0 aromatic heterocycles. The molecule has 3 unspecified atom stereocenters. The quantitative estimate of drug-likeness (QED) is 0.687. The molecule has 1 aliphatic carbocycles. The third-order valence-electron chi connectivity index (χ3n) is 3.28. The molecule has 0 heterocycles. The van der Waals surface area contributed by atoms with Crippen molar-refractivity contribution in [1.82, 2.24) is 0 Å². The monoisotopic (exact) mass is 185 g/mol. The fourth-order valence-electron chi connectivity index (χ4n) is 2.44. The van der Waals surface area contributed by atoms with Crippen LogP contribution in [0, 0.1) is 11.3 Å². The zero-order valence-corrected chi connectivity index (χ0v) is 8.42. The number of rotatable bonds is 2. The molecule has 1 aliphatic rings. The third kappa shape index (κ3) is 2.21. The van der Waals surface area contributed by atoms with Crippen LogP contribution in [-0.2, 0) is 4.79 Å². The molecule has 0 amide bonds. The number of aliphatic carboxylic acids is 1. The van der Waals surface area contributed by atoms with Crippen molar-refractivity contribution in [1.29, 1.82) is 0 Å². The van der Waals surface area contributed by atoms with Crippen LogP contribution in [-0.4, -0.2) is 17.1 Å². The summed E-state index contributed by atoms with van der Waals surface area (Å²) in [4.78, 5) is 10.8. The minimum atomic E-state index is -0.864. The summed E-state index contributed by atoms with van der Waals surface area (Å²) in [5.74, 6) is -0.249. The number of nitrogens with two attached hydrogens (primary N) is 1.